The second-order valence-electron chi connectivity index (χ2n) is 2.53. The van der Waals surface area contributed by atoms with Gasteiger partial charge in [-0.05, 0) is 12.8 Å². The average Bonchev–Trinajstić information content (AvgIpc) is 2.12. The number of carbonyl (C=O) groups is 4. The second kappa shape index (κ2) is 16.9. The van der Waals surface area contributed by atoms with Crippen molar-refractivity contribution in [3.8, 4) is 0 Å². The van der Waals surface area contributed by atoms with E-state index in [1.165, 1.54) is 0 Å². The number of carbonyl (C=O) groups excluding carboxylic acids is 2. The van der Waals surface area contributed by atoms with E-state index in [1.54, 1.807) is 0 Å². The van der Waals surface area contributed by atoms with E-state index in [4.69, 9.17) is 10.2 Å². The fourth-order valence-corrected chi connectivity index (χ4v) is 0.418. The molecule has 0 aromatic heterocycles. The van der Waals surface area contributed by atoms with E-state index in [0.29, 0.717) is 0 Å². The largest absolute Gasteiger partial charge is 1.00 e. The summed E-state index contributed by atoms with van der Waals surface area (Å²) in [7, 11) is 0. The fourth-order valence-electron chi connectivity index (χ4n) is 0.418. The van der Waals surface area contributed by atoms with Crippen LogP contribution in [-0.4, -0.2) is 34.1 Å². The van der Waals surface area contributed by atoms with E-state index in [2.05, 4.69) is 0 Å². The molecule has 0 saturated heterocycles. The molecule has 0 aromatic rings. The van der Waals surface area contributed by atoms with Crippen molar-refractivity contribution >= 4 is 23.9 Å². The molecule has 0 rings (SSSR count). The number of hydrogen-bond donors (Lipinski definition) is 2. The van der Waals surface area contributed by atoms with Crippen molar-refractivity contribution in [1.82, 2.24) is 0 Å². The molecule has 0 saturated carbocycles. The number of carboxylic acids is 4. The SMILES string of the molecule is O=C([O-])CCC(=O)O.O=C([O-])CCC(=O)O.[Na+].[Na+]. The molecule has 92 valence electrons. The third-order valence-corrected chi connectivity index (χ3v) is 1.09. The van der Waals surface area contributed by atoms with Crippen molar-refractivity contribution in [2.24, 2.45) is 0 Å². The van der Waals surface area contributed by atoms with Gasteiger partial charge in [-0.1, -0.05) is 0 Å². The Balaban J connectivity index is -0.0000000980. The van der Waals surface area contributed by atoms with Crippen LogP contribution in [0.2, 0.25) is 0 Å². The maximum atomic E-state index is 9.61. The summed E-state index contributed by atoms with van der Waals surface area (Å²) in [5.74, 6) is -4.89. The van der Waals surface area contributed by atoms with Crippen LogP contribution in [0.15, 0.2) is 0 Å². The Hall–Kier alpha value is -0.120. The predicted octanol–water partition coefficient (Wildman–Crippen LogP) is -8.79. The van der Waals surface area contributed by atoms with Gasteiger partial charge in [-0.25, -0.2) is 0 Å². The Labute approximate surface area is 147 Å². The molecule has 0 unspecified atom stereocenters. The summed E-state index contributed by atoms with van der Waals surface area (Å²) in [4.78, 5) is 38.3. The molecule has 0 aliphatic rings. The van der Waals surface area contributed by atoms with Crippen molar-refractivity contribution in [1.29, 1.82) is 0 Å². The van der Waals surface area contributed by atoms with E-state index in [0.717, 1.165) is 0 Å². The zero-order valence-electron chi connectivity index (χ0n) is 10.2. The molecular weight excluding hydrogens is 270 g/mol. The first-order chi connectivity index (χ1) is 7.25. The molecular formula is C8H10Na2O8. The molecule has 0 amide bonds. The zero-order chi connectivity index (χ0) is 13.1. The van der Waals surface area contributed by atoms with Gasteiger partial charge in [0.2, 0.25) is 0 Å². The van der Waals surface area contributed by atoms with Gasteiger partial charge in [0.1, 0.15) is 0 Å². The minimum Gasteiger partial charge on any atom is -0.550 e. The topological polar surface area (TPSA) is 155 Å². The molecule has 0 aliphatic carbocycles. The van der Waals surface area contributed by atoms with Gasteiger partial charge in [0, 0.05) is 11.9 Å². The minimum atomic E-state index is -1.33. The average molecular weight is 280 g/mol. The fraction of sp³-hybridized carbons (Fsp3) is 0.500. The summed E-state index contributed by atoms with van der Waals surface area (Å²) >= 11 is 0. The Morgan fingerprint density at radius 1 is 0.667 bits per heavy atom. The predicted molar refractivity (Wildman–Crippen MR) is 43.8 cm³/mol. The first-order valence-electron chi connectivity index (χ1n) is 4.09. The molecule has 0 radical (unpaired) electrons. The summed E-state index contributed by atoms with van der Waals surface area (Å²) in [6.45, 7) is 0. The summed E-state index contributed by atoms with van der Waals surface area (Å²) in [5.41, 5.74) is 0. The van der Waals surface area contributed by atoms with E-state index in [-0.39, 0.29) is 72.0 Å². The molecule has 18 heavy (non-hydrogen) atoms. The molecule has 0 aliphatic heterocycles. The van der Waals surface area contributed by atoms with E-state index >= 15 is 0 Å². The van der Waals surface area contributed by atoms with E-state index in [9.17, 15) is 29.4 Å². The van der Waals surface area contributed by atoms with Gasteiger partial charge in [0.25, 0.3) is 0 Å². The summed E-state index contributed by atoms with van der Waals surface area (Å²) < 4.78 is 0. The molecule has 10 heteroatoms. The zero-order valence-corrected chi connectivity index (χ0v) is 14.2. The Morgan fingerprint density at radius 3 is 0.944 bits per heavy atom. The molecule has 8 nitrogen and oxygen atoms in total. The number of carboxylic acid groups (broad SMARTS) is 4. The summed E-state index contributed by atoms with van der Waals surface area (Å²) in [5, 5.41) is 34.8. The Kier molecular flexibility index (Phi) is 24.8. The van der Waals surface area contributed by atoms with Crippen LogP contribution < -0.4 is 69.3 Å². The van der Waals surface area contributed by atoms with Gasteiger partial charge in [0.15, 0.2) is 0 Å². The summed E-state index contributed by atoms with van der Waals surface area (Å²) in [6, 6.07) is 0. The van der Waals surface area contributed by atoms with Crippen LogP contribution in [-0.2, 0) is 19.2 Å². The van der Waals surface area contributed by atoms with E-state index < -0.39 is 36.7 Å². The quantitative estimate of drug-likeness (QED) is 0.454. The molecule has 0 heterocycles. The first-order valence-corrected chi connectivity index (χ1v) is 4.09. The van der Waals surface area contributed by atoms with Gasteiger partial charge < -0.3 is 30.0 Å². The first kappa shape index (κ1) is 26.4. The number of hydrogen-bond acceptors (Lipinski definition) is 6. The molecule has 2 N–H and O–H groups in total. The van der Waals surface area contributed by atoms with Crippen LogP contribution >= 0.6 is 0 Å². The van der Waals surface area contributed by atoms with Crippen molar-refractivity contribution in [3.63, 3.8) is 0 Å². The van der Waals surface area contributed by atoms with Crippen LogP contribution in [0.1, 0.15) is 25.7 Å². The third kappa shape index (κ3) is 36.0. The second-order valence-corrected chi connectivity index (χ2v) is 2.53. The van der Waals surface area contributed by atoms with Crippen molar-refractivity contribution in [2.75, 3.05) is 0 Å². The van der Waals surface area contributed by atoms with Gasteiger partial charge in [-0.3, -0.25) is 9.59 Å². The maximum absolute atomic E-state index is 9.61. The van der Waals surface area contributed by atoms with Crippen molar-refractivity contribution in [2.45, 2.75) is 25.7 Å². The standard InChI is InChI=1S/2C4H6O4.2Na/c2*5-3(6)1-2-4(7)8;;/h2*1-2H2,(H,5,6)(H,7,8);;/q;;2*+1/p-2. The maximum Gasteiger partial charge on any atom is 1.00 e. The van der Waals surface area contributed by atoms with Crippen LogP contribution in [0.4, 0.5) is 0 Å². The molecule has 0 atom stereocenters. The van der Waals surface area contributed by atoms with Gasteiger partial charge in [0.05, 0.1) is 12.8 Å². The molecule has 0 fully saturated rings. The monoisotopic (exact) mass is 280 g/mol. The molecule has 0 spiro atoms. The Bertz CT molecular complexity index is 222. The van der Waals surface area contributed by atoms with Crippen LogP contribution in [0.5, 0.6) is 0 Å². The van der Waals surface area contributed by atoms with Crippen LogP contribution in [0.25, 0.3) is 0 Å². The van der Waals surface area contributed by atoms with Crippen molar-refractivity contribution < 1.29 is 98.7 Å². The molecule has 0 aromatic carbocycles. The number of aliphatic carboxylic acids is 4. The summed E-state index contributed by atoms with van der Waals surface area (Å²) in [6.07, 6.45) is -1.53. The van der Waals surface area contributed by atoms with Gasteiger partial charge >= 0.3 is 71.1 Å². The van der Waals surface area contributed by atoms with Gasteiger partial charge in [-0.15, -0.1) is 0 Å². The smallest absolute Gasteiger partial charge is 0.550 e. The third-order valence-electron chi connectivity index (χ3n) is 1.09. The van der Waals surface area contributed by atoms with Crippen molar-refractivity contribution in [3.05, 3.63) is 0 Å². The minimum absolute atomic E-state index is 0. The molecule has 0 bridgehead atoms. The van der Waals surface area contributed by atoms with Gasteiger partial charge in [-0.2, -0.15) is 0 Å². The van der Waals surface area contributed by atoms with Crippen LogP contribution in [0, 0.1) is 0 Å². The Morgan fingerprint density at radius 2 is 0.889 bits per heavy atom. The normalized spacial score (nSPS) is 7.56. The van der Waals surface area contributed by atoms with Crippen LogP contribution in [0.3, 0.4) is 0 Å². The van der Waals surface area contributed by atoms with E-state index in [1.807, 2.05) is 0 Å². The number of rotatable bonds is 6.